The fourth-order valence-corrected chi connectivity index (χ4v) is 1.33. The minimum atomic E-state index is 0. The van der Waals surface area contributed by atoms with Crippen LogP contribution >= 0.6 is 24.8 Å². The summed E-state index contributed by atoms with van der Waals surface area (Å²) in [4.78, 5) is 7.23. The fourth-order valence-electron chi connectivity index (χ4n) is 1.33. The second-order valence-electron chi connectivity index (χ2n) is 2.95. The molecule has 5 heteroatoms. The van der Waals surface area contributed by atoms with Gasteiger partial charge in [0.05, 0.1) is 5.69 Å². The number of rotatable bonds is 1. The molecule has 15 heavy (non-hydrogen) atoms. The molecule has 2 rings (SSSR count). The van der Waals surface area contributed by atoms with Crippen LogP contribution in [0.5, 0.6) is 0 Å². The third kappa shape index (κ3) is 2.88. The van der Waals surface area contributed by atoms with Crippen molar-refractivity contribution >= 4 is 30.6 Å². The van der Waals surface area contributed by atoms with Crippen molar-refractivity contribution in [2.75, 3.05) is 5.73 Å². The van der Waals surface area contributed by atoms with Gasteiger partial charge in [0, 0.05) is 5.56 Å². The Morgan fingerprint density at radius 3 is 2.20 bits per heavy atom. The quantitative estimate of drug-likeness (QED) is 0.812. The highest BCUT2D eigenvalue weighted by Crippen LogP contribution is 2.22. The number of benzene rings is 1. The van der Waals surface area contributed by atoms with Gasteiger partial charge in [0.25, 0.3) is 0 Å². The van der Waals surface area contributed by atoms with Crippen LogP contribution in [0.15, 0.2) is 30.3 Å². The van der Waals surface area contributed by atoms with Crippen LogP contribution < -0.4 is 5.73 Å². The molecule has 0 bridgehead atoms. The zero-order chi connectivity index (χ0) is 9.26. The van der Waals surface area contributed by atoms with Crippen LogP contribution in [0, 0.1) is 6.92 Å². The first kappa shape index (κ1) is 13.8. The molecule has 0 radical (unpaired) electrons. The molecule has 0 aliphatic heterocycles. The van der Waals surface area contributed by atoms with Gasteiger partial charge in [-0.25, -0.2) is 4.98 Å². The summed E-state index contributed by atoms with van der Waals surface area (Å²) in [5, 5.41) is 0. The van der Waals surface area contributed by atoms with E-state index in [1.165, 1.54) is 0 Å². The van der Waals surface area contributed by atoms with Crippen molar-refractivity contribution < 1.29 is 0 Å². The lowest BCUT2D eigenvalue weighted by Gasteiger charge is -1.96. The second kappa shape index (κ2) is 5.63. The van der Waals surface area contributed by atoms with Crippen LogP contribution in [0.1, 0.15) is 5.82 Å². The number of anilines is 1. The van der Waals surface area contributed by atoms with Gasteiger partial charge in [-0.1, -0.05) is 30.3 Å². The Kier molecular flexibility index (Phi) is 5.19. The van der Waals surface area contributed by atoms with Crippen LogP contribution in [0.4, 0.5) is 5.82 Å². The van der Waals surface area contributed by atoms with Crippen molar-refractivity contribution in [1.82, 2.24) is 9.97 Å². The maximum Gasteiger partial charge on any atom is 0.149 e. The number of nitrogens with two attached hydrogens (primary N) is 1. The molecule has 0 fully saturated rings. The van der Waals surface area contributed by atoms with Gasteiger partial charge in [0.15, 0.2) is 0 Å². The maximum absolute atomic E-state index is 5.73. The molecule has 0 spiro atoms. The molecule has 2 aromatic rings. The lowest BCUT2D eigenvalue weighted by molar-refractivity contribution is 1.15. The topological polar surface area (TPSA) is 54.7 Å². The van der Waals surface area contributed by atoms with E-state index < -0.39 is 0 Å². The summed E-state index contributed by atoms with van der Waals surface area (Å²) < 4.78 is 0. The molecular weight excluding hydrogens is 233 g/mol. The predicted octanol–water partition coefficient (Wildman–Crippen LogP) is 2.81. The van der Waals surface area contributed by atoms with Gasteiger partial charge in [0.2, 0.25) is 0 Å². The second-order valence-corrected chi connectivity index (χ2v) is 2.95. The molecule has 1 aromatic carbocycles. The molecule has 0 aliphatic carbocycles. The largest absolute Gasteiger partial charge is 0.382 e. The standard InChI is InChI=1S/C10H11N3.2ClH/c1-7-12-9(10(11)13-7)8-5-3-2-4-6-8;;/h2-6H,11H2,1H3,(H,12,13);2*1H. The number of hydrogen-bond acceptors (Lipinski definition) is 2. The summed E-state index contributed by atoms with van der Waals surface area (Å²) in [5.74, 6) is 1.40. The van der Waals surface area contributed by atoms with E-state index in [1.807, 2.05) is 37.3 Å². The highest BCUT2D eigenvalue weighted by atomic mass is 35.5. The lowest BCUT2D eigenvalue weighted by atomic mass is 10.1. The Morgan fingerprint density at radius 1 is 1.13 bits per heavy atom. The van der Waals surface area contributed by atoms with Gasteiger partial charge >= 0.3 is 0 Å². The van der Waals surface area contributed by atoms with Crippen LogP contribution in [-0.2, 0) is 0 Å². The molecule has 0 unspecified atom stereocenters. The number of aryl methyl sites for hydroxylation is 1. The first-order chi connectivity index (χ1) is 6.27. The maximum atomic E-state index is 5.73. The highest BCUT2D eigenvalue weighted by molar-refractivity contribution is 5.85. The first-order valence-corrected chi connectivity index (χ1v) is 4.15. The Hall–Kier alpha value is -1.19. The number of halogens is 2. The van der Waals surface area contributed by atoms with Gasteiger partial charge in [-0.05, 0) is 6.92 Å². The molecule has 0 amide bonds. The zero-order valence-corrected chi connectivity index (χ0v) is 9.86. The average molecular weight is 246 g/mol. The van der Waals surface area contributed by atoms with E-state index >= 15 is 0 Å². The van der Waals surface area contributed by atoms with Gasteiger partial charge in [-0.2, -0.15) is 0 Å². The molecule has 3 nitrogen and oxygen atoms in total. The molecule has 0 saturated heterocycles. The number of H-pyrrole nitrogens is 1. The van der Waals surface area contributed by atoms with Crippen molar-refractivity contribution in [2.45, 2.75) is 6.92 Å². The van der Waals surface area contributed by atoms with E-state index in [-0.39, 0.29) is 24.8 Å². The number of aromatic amines is 1. The summed E-state index contributed by atoms with van der Waals surface area (Å²) in [6.45, 7) is 1.89. The summed E-state index contributed by atoms with van der Waals surface area (Å²) >= 11 is 0. The number of nitrogens with one attached hydrogen (secondary N) is 1. The molecule has 1 aromatic heterocycles. The van der Waals surface area contributed by atoms with E-state index in [0.29, 0.717) is 5.82 Å². The van der Waals surface area contributed by atoms with E-state index in [1.54, 1.807) is 0 Å². The van der Waals surface area contributed by atoms with Gasteiger partial charge in [0.1, 0.15) is 11.6 Å². The Bertz CT molecular complexity index is 412. The first-order valence-electron chi connectivity index (χ1n) is 4.15. The summed E-state index contributed by atoms with van der Waals surface area (Å²) in [6.07, 6.45) is 0. The van der Waals surface area contributed by atoms with E-state index in [2.05, 4.69) is 9.97 Å². The van der Waals surface area contributed by atoms with Gasteiger partial charge < -0.3 is 10.7 Å². The van der Waals surface area contributed by atoms with Crippen molar-refractivity contribution in [3.8, 4) is 11.3 Å². The summed E-state index contributed by atoms with van der Waals surface area (Å²) in [6, 6.07) is 9.94. The number of nitrogen functional groups attached to an aromatic ring is 1. The summed E-state index contributed by atoms with van der Waals surface area (Å²) in [5.41, 5.74) is 7.70. The number of imidazole rings is 1. The van der Waals surface area contributed by atoms with E-state index in [4.69, 9.17) is 5.73 Å². The number of aromatic nitrogens is 2. The molecule has 0 aliphatic rings. The SMILES string of the molecule is Cc1nc(N)c(-c2ccccc2)[nH]1.Cl.Cl. The van der Waals surface area contributed by atoms with Gasteiger partial charge in [-0.15, -0.1) is 24.8 Å². The normalized spacial score (nSPS) is 8.87. The van der Waals surface area contributed by atoms with Crippen molar-refractivity contribution in [3.05, 3.63) is 36.2 Å². The number of hydrogen-bond donors (Lipinski definition) is 2. The zero-order valence-electron chi connectivity index (χ0n) is 8.23. The average Bonchev–Trinajstić information content (AvgIpc) is 2.47. The minimum Gasteiger partial charge on any atom is -0.382 e. The third-order valence-electron chi connectivity index (χ3n) is 1.91. The van der Waals surface area contributed by atoms with Crippen LogP contribution in [0.3, 0.4) is 0 Å². The predicted molar refractivity (Wildman–Crippen MR) is 67.7 cm³/mol. The molecule has 0 saturated carbocycles. The fraction of sp³-hybridized carbons (Fsp3) is 0.100. The number of nitrogens with zero attached hydrogens (tertiary/aromatic N) is 1. The van der Waals surface area contributed by atoms with Crippen LogP contribution in [-0.4, -0.2) is 9.97 Å². The Balaban J connectivity index is 0.000000980. The third-order valence-corrected chi connectivity index (χ3v) is 1.91. The van der Waals surface area contributed by atoms with Crippen molar-refractivity contribution in [3.63, 3.8) is 0 Å². The van der Waals surface area contributed by atoms with Crippen molar-refractivity contribution in [2.24, 2.45) is 0 Å². The minimum absolute atomic E-state index is 0. The van der Waals surface area contributed by atoms with Crippen LogP contribution in [0.2, 0.25) is 0 Å². The van der Waals surface area contributed by atoms with E-state index in [0.717, 1.165) is 17.1 Å². The van der Waals surface area contributed by atoms with Crippen LogP contribution in [0.25, 0.3) is 11.3 Å². The highest BCUT2D eigenvalue weighted by Gasteiger charge is 2.05. The van der Waals surface area contributed by atoms with E-state index in [9.17, 15) is 0 Å². The molecule has 82 valence electrons. The summed E-state index contributed by atoms with van der Waals surface area (Å²) in [7, 11) is 0. The molecular formula is C10H13Cl2N3. The molecule has 3 N–H and O–H groups in total. The smallest absolute Gasteiger partial charge is 0.149 e. The molecule has 1 heterocycles. The van der Waals surface area contributed by atoms with Gasteiger partial charge in [-0.3, -0.25) is 0 Å². The lowest BCUT2D eigenvalue weighted by Crippen LogP contribution is -1.87. The Morgan fingerprint density at radius 2 is 1.73 bits per heavy atom. The molecule has 0 atom stereocenters. The van der Waals surface area contributed by atoms with Crippen molar-refractivity contribution in [1.29, 1.82) is 0 Å². The Labute approximate surface area is 101 Å². The monoisotopic (exact) mass is 245 g/mol.